The van der Waals surface area contributed by atoms with E-state index < -0.39 is 4.92 Å². The van der Waals surface area contributed by atoms with Crippen molar-refractivity contribution < 1.29 is 9.72 Å². The van der Waals surface area contributed by atoms with E-state index in [1.165, 1.54) is 30.1 Å². The monoisotopic (exact) mass is 315 g/mol. The minimum absolute atomic E-state index is 0.0186. The number of nitro groups is 1. The third kappa shape index (κ3) is 5.02. The zero-order chi connectivity index (χ0) is 15.8. The Balaban J connectivity index is 1.83. The second-order valence-corrected chi connectivity index (χ2v) is 5.30. The first kappa shape index (κ1) is 15.7. The molecule has 0 aliphatic carbocycles. The number of non-ortho nitro benzene ring substituents is 1. The molecule has 7 heteroatoms. The number of nitrogens with one attached hydrogen (secondary N) is 1. The molecule has 2 rings (SSSR count). The highest BCUT2D eigenvalue weighted by molar-refractivity contribution is 8.00. The SMILES string of the molecule is O=C(CSc1ccccc1)N/N=C\c1cccc([N+](=O)[O-])c1. The largest absolute Gasteiger partial charge is 0.272 e. The zero-order valence-electron chi connectivity index (χ0n) is 11.5. The van der Waals surface area contributed by atoms with Crippen molar-refractivity contribution in [1.29, 1.82) is 0 Å². The molecule has 0 aliphatic heterocycles. The fourth-order valence-corrected chi connectivity index (χ4v) is 2.31. The van der Waals surface area contributed by atoms with Crippen LogP contribution in [0.5, 0.6) is 0 Å². The second kappa shape index (κ2) is 7.94. The normalized spacial score (nSPS) is 10.5. The third-order valence-corrected chi connectivity index (χ3v) is 3.61. The minimum atomic E-state index is -0.480. The van der Waals surface area contributed by atoms with Gasteiger partial charge >= 0.3 is 0 Å². The summed E-state index contributed by atoms with van der Waals surface area (Å²) in [4.78, 5) is 22.8. The number of nitro benzene ring substituents is 1. The molecule has 0 bridgehead atoms. The van der Waals surface area contributed by atoms with Gasteiger partial charge in [0.25, 0.3) is 5.69 Å². The molecular formula is C15H13N3O3S. The Labute approximate surface area is 131 Å². The summed E-state index contributed by atoms with van der Waals surface area (Å²) in [5.74, 6) is 0.00607. The van der Waals surface area contributed by atoms with Crippen molar-refractivity contribution in [3.8, 4) is 0 Å². The lowest BCUT2D eigenvalue weighted by atomic mass is 10.2. The molecule has 2 aromatic rings. The minimum Gasteiger partial charge on any atom is -0.272 e. The standard InChI is InChI=1S/C15H13N3O3S/c19-15(11-22-14-7-2-1-3-8-14)17-16-10-12-5-4-6-13(9-12)18(20)21/h1-10H,11H2,(H,17,19)/b16-10-. The van der Waals surface area contributed by atoms with Gasteiger partial charge in [0.1, 0.15) is 0 Å². The number of amides is 1. The first-order valence-corrected chi connectivity index (χ1v) is 7.38. The highest BCUT2D eigenvalue weighted by Crippen LogP contribution is 2.16. The molecule has 22 heavy (non-hydrogen) atoms. The van der Waals surface area contributed by atoms with Crippen molar-refractivity contribution in [1.82, 2.24) is 5.43 Å². The Morgan fingerprint density at radius 3 is 2.73 bits per heavy atom. The average molecular weight is 315 g/mol. The summed E-state index contributed by atoms with van der Waals surface area (Å²) in [6.45, 7) is 0. The molecule has 0 heterocycles. The Morgan fingerprint density at radius 1 is 1.23 bits per heavy atom. The van der Waals surface area contributed by atoms with Crippen molar-refractivity contribution in [2.75, 3.05) is 5.75 Å². The molecule has 1 N–H and O–H groups in total. The number of carbonyl (C=O) groups excluding carboxylic acids is 1. The van der Waals surface area contributed by atoms with Gasteiger partial charge in [-0.25, -0.2) is 5.43 Å². The summed E-state index contributed by atoms with van der Waals surface area (Å²) < 4.78 is 0. The summed E-state index contributed by atoms with van der Waals surface area (Å²) in [5, 5.41) is 14.4. The summed E-state index contributed by atoms with van der Waals surface area (Å²) in [6.07, 6.45) is 1.37. The molecule has 0 aromatic heterocycles. The van der Waals surface area contributed by atoms with Crippen LogP contribution in [0.1, 0.15) is 5.56 Å². The van der Waals surface area contributed by atoms with E-state index >= 15 is 0 Å². The number of benzene rings is 2. The van der Waals surface area contributed by atoms with Crippen LogP contribution in [-0.2, 0) is 4.79 Å². The molecule has 1 amide bonds. The number of nitrogens with zero attached hydrogens (tertiary/aromatic N) is 2. The molecule has 0 saturated carbocycles. The van der Waals surface area contributed by atoms with E-state index in [0.717, 1.165) is 4.90 Å². The molecule has 0 saturated heterocycles. The van der Waals surface area contributed by atoms with Crippen molar-refractivity contribution in [2.45, 2.75) is 4.90 Å². The maximum Gasteiger partial charge on any atom is 0.270 e. The number of hydrogen-bond acceptors (Lipinski definition) is 5. The van der Waals surface area contributed by atoms with Crippen LogP contribution >= 0.6 is 11.8 Å². The Kier molecular flexibility index (Phi) is 5.67. The predicted octanol–water partition coefficient (Wildman–Crippen LogP) is 2.84. The van der Waals surface area contributed by atoms with Crippen molar-refractivity contribution in [3.05, 3.63) is 70.3 Å². The van der Waals surface area contributed by atoms with E-state index in [4.69, 9.17) is 0 Å². The molecular weight excluding hydrogens is 302 g/mol. The predicted molar refractivity (Wildman–Crippen MR) is 86.0 cm³/mol. The zero-order valence-corrected chi connectivity index (χ0v) is 12.3. The van der Waals surface area contributed by atoms with E-state index in [-0.39, 0.29) is 17.3 Å². The van der Waals surface area contributed by atoms with Crippen LogP contribution < -0.4 is 5.43 Å². The van der Waals surface area contributed by atoms with Gasteiger partial charge in [-0.15, -0.1) is 11.8 Å². The van der Waals surface area contributed by atoms with Crippen molar-refractivity contribution in [2.24, 2.45) is 5.10 Å². The van der Waals surface area contributed by atoms with Gasteiger partial charge in [-0.3, -0.25) is 14.9 Å². The summed E-state index contributed by atoms with van der Waals surface area (Å²) in [6, 6.07) is 15.6. The molecule has 0 spiro atoms. The van der Waals surface area contributed by atoms with E-state index in [0.29, 0.717) is 5.56 Å². The molecule has 0 radical (unpaired) electrons. The first-order valence-electron chi connectivity index (χ1n) is 6.39. The fraction of sp³-hybridized carbons (Fsp3) is 0.0667. The van der Waals surface area contributed by atoms with Crippen LogP contribution in [0.4, 0.5) is 5.69 Å². The second-order valence-electron chi connectivity index (χ2n) is 4.25. The van der Waals surface area contributed by atoms with Crippen LogP contribution in [0.2, 0.25) is 0 Å². The smallest absolute Gasteiger partial charge is 0.270 e. The van der Waals surface area contributed by atoms with E-state index in [2.05, 4.69) is 10.5 Å². The highest BCUT2D eigenvalue weighted by Gasteiger charge is 2.04. The molecule has 0 fully saturated rings. The van der Waals surface area contributed by atoms with Crippen LogP contribution in [-0.4, -0.2) is 22.8 Å². The summed E-state index contributed by atoms with van der Waals surface area (Å²) in [5.41, 5.74) is 2.92. The topological polar surface area (TPSA) is 84.6 Å². The Morgan fingerprint density at radius 2 is 2.00 bits per heavy atom. The van der Waals surface area contributed by atoms with Gasteiger partial charge in [0.05, 0.1) is 16.9 Å². The van der Waals surface area contributed by atoms with Crippen LogP contribution in [0.25, 0.3) is 0 Å². The van der Waals surface area contributed by atoms with Gasteiger partial charge in [0.2, 0.25) is 5.91 Å². The Bertz CT molecular complexity index is 689. The lowest BCUT2D eigenvalue weighted by molar-refractivity contribution is -0.384. The maximum atomic E-state index is 11.6. The average Bonchev–Trinajstić information content (AvgIpc) is 2.54. The van der Waals surface area contributed by atoms with Crippen molar-refractivity contribution in [3.63, 3.8) is 0 Å². The van der Waals surface area contributed by atoms with E-state index in [1.807, 2.05) is 30.3 Å². The van der Waals surface area contributed by atoms with Gasteiger partial charge in [0.15, 0.2) is 0 Å². The van der Waals surface area contributed by atoms with Crippen LogP contribution in [0.15, 0.2) is 64.6 Å². The van der Waals surface area contributed by atoms with Gasteiger partial charge in [-0.1, -0.05) is 30.3 Å². The van der Waals surface area contributed by atoms with Gasteiger partial charge in [0, 0.05) is 22.6 Å². The molecule has 0 aliphatic rings. The van der Waals surface area contributed by atoms with Crippen molar-refractivity contribution >= 4 is 29.6 Å². The van der Waals surface area contributed by atoms with E-state index in [9.17, 15) is 14.9 Å². The lowest BCUT2D eigenvalue weighted by Crippen LogP contribution is -2.19. The molecule has 0 atom stereocenters. The highest BCUT2D eigenvalue weighted by atomic mass is 32.2. The molecule has 6 nitrogen and oxygen atoms in total. The number of carbonyl (C=O) groups is 1. The van der Waals surface area contributed by atoms with Gasteiger partial charge < -0.3 is 0 Å². The fourth-order valence-electron chi connectivity index (χ4n) is 1.60. The van der Waals surface area contributed by atoms with Crippen LogP contribution in [0, 0.1) is 10.1 Å². The van der Waals surface area contributed by atoms with Gasteiger partial charge in [-0.05, 0) is 12.1 Å². The number of rotatable bonds is 6. The maximum absolute atomic E-state index is 11.6. The number of thioether (sulfide) groups is 1. The number of hydrazone groups is 1. The molecule has 112 valence electrons. The quantitative estimate of drug-likeness (QED) is 0.384. The first-order chi connectivity index (χ1) is 10.6. The van der Waals surface area contributed by atoms with E-state index in [1.54, 1.807) is 12.1 Å². The lowest BCUT2D eigenvalue weighted by Gasteiger charge is -2.00. The number of hydrogen-bond donors (Lipinski definition) is 1. The molecule has 0 unspecified atom stereocenters. The summed E-state index contributed by atoms with van der Waals surface area (Å²) in [7, 11) is 0. The van der Waals surface area contributed by atoms with Gasteiger partial charge in [-0.2, -0.15) is 5.10 Å². The van der Waals surface area contributed by atoms with Crippen LogP contribution in [0.3, 0.4) is 0 Å². The summed E-state index contributed by atoms with van der Waals surface area (Å²) >= 11 is 1.41. The Hall–Kier alpha value is -2.67. The third-order valence-electron chi connectivity index (χ3n) is 2.60. The molecule has 2 aromatic carbocycles.